The third-order valence-electron chi connectivity index (χ3n) is 3.50. The van der Waals surface area contributed by atoms with Crippen LogP contribution in [0.25, 0.3) is 0 Å². The van der Waals surface area contributed by atoms with Gasteiger partial charge in [-0.3, -0.25) is 4.79 Å². The molecule has 1 unspecified atom stereocenters. The van der Waals surface area contributed by atoms with E-state index in [0.29, 0.717) is 5.56 Å². The molecule has 3 heteroatoms. The van der Waals surface area contributed by atoms with Crippen molar-refractivity contribution in [1.82, 2.24) is 5.32 Å². The number of hydrogen-bond acceptors (Lipinski definition) is 1. The number of rotatable bonds is 5. The highest BCUT2D eigenvalue weighted by Gasteiger charge is 2.15. The average Bonchev–Trinajstić information content (AvgIpc) is 2.50. The molecule has 110 valence electrons. The summed E-state index contributed by atoms with van der Waals surface area (Å²) in [5.41, 5.74) is 2.92. The van der Waals surface area contributed by atoms with Crippen LogP contribution in [-0.2, 0) is 0 Å². The van der Waals surface area contributed by atoms with Gasteiger partial charge in [-0.2, -0.15) is 0 Å². The predicted molar refractivity (Wildman–Crippen MR) is 90.4 cm³/mol. The Morgan fingerprint density at radius 2 is 1.90 bits per heavy atom. The summed E-state index contributed by atoms with van der Waals surface area (Å²) >= 11 is 3.46. The van der Waals surface area contributed by atoms with Gasteiger partial charge in [0, 0.05) is 10.0 Å². The SMILES string of the molecule is CCCC(NC(=O)c1ccc(Br)c(C)c1)c1ccccc1. The molecule has 0 radical (unpaired) electrons. The Morgan fingerprint density at radius 3 is 2.52 bits per heavy atom. The van der Waals surface area contributed by atoms with Crippen LogP contribution in [-0.4, -0.2) is 5.91 Å². The minimum absolute atomic E-state index is 0.0205. The maximum atomic E-state index is 12.4. The quantitative estimate of drug-likeness (QED) is 0.808. The van der Waals surface area contributed by atoms with Crippen molar-refractivity contribution in [3.8, 4) is 0 Å². The second kappa shape index (κ2) is 7.41. The fourth-order valence-electron chi connectivity index (χ4n) is 2.32. The molecule has 0 bridgehead atoms. The van der Waals surface area contributed by atoms with Gasteiger partial charge in [-0.05, 0) is 42.7 Å². The van der Waals surface area contributed by atoms with Crippen LogP contribution >= 0.6 is 15.9 Å². The van der Waals surface area contributed by atoms with Gasteiger partial charge in [0.1, 0.15) is 0 Å². The number of carbonyl (C=O) groups is 1. The average molecular weight is 346 g/mol. The Morgan fingerprint density at radius 1 is 1.19 bits per heavy atom. The minimum Gasteiger partial charge on any atom is -0.345 e. The first-order valence-electron chi connectivity index (χ1n) is 7.23. The number of hydrogen-bond donors (Lipinski definition) is 1. The number of aryl methyl sites for hydroxylation is 1. The first-order chi connectivity index (χ1) is 10.1. The highest BCUT2D eigenvalue weighted by Crippen LogP contribution is 2.21. The van der Waals surface area contributed by atoms with Gasteiger partial charge in [-0.25, -0.2) is 0 Å². The monoisotopic (exact) mass is 345 g/mol. The molecule has 1 N–H and O–H groups in total. The molecule has 2 rings (SSSR count). The van der Waals surface area contributed by atoms with Crippen LogP contribution in [0.5, 0.6) is 0 Å². The van der Waals surface area contributed by atoms with Gasteiger partial charge in [0.2, 0.25) is 0 Å². The fourth-order valence-corrected chi connectivity index (χ4v) is 2.57. The van der Waals surface area contributed by atoms with Gasteiger partial charge in [-0.15, -0.1) is 0 Å². The van der Waals surface area contributed by atoms with E-state index in [0.717, 1.165) is 28.4 Å². The molecule has 1 atom stereocenters. The van der Waals surface area contributed by atoms with E-state index in [1.165, 1.54) is 0 Å². The first-order valence-corrected chi connectivity index (χ1v) is 8.03. The molecule has 0 aliphatic heterocycles. The summed E-state index contributed by atoms with van der Waals surface area (Å²) in [4.78, 5) is 12.4. The molecule has 2 aromatic rings. The summed E-state index contributed by atoms with van der Waals surface area (Å²) in [7, 11) is 0. The maximum Gasteiger partial charge on any atom is 0.251 e. The lowest BCUT2D eigenvalue weighted by Crippen LogP contribution is -2.28. The van der Waals surface area contributed by atoms with Crippen molar-refractivity contribution >= 4 is 21.8 Å². The molecule has 2 nitrogen and oxygen atoms in total. The first kappa shape index (κ1) is 15.8. The van der Waals surface area contributed by atoms with E-state index in [4.69, 9.17) is 0 Å². The van der Waals surface area contributed by atoms with Crippen LogP contribution in [0.1, 0.15) is 47.3 Å². The second-order valence-corrected chi connectivity index (χ2v) is 6.04. The van der Waals surface area contributed by atoms with Crippen molar-refractivity contribution < 1.29 is 4.79 Å². The topological polar surface area (TPSA) is 29.1 Å². The van der Waals surface area contributed by atoms with E-state index in [2.05, 4.69) is 40.3 Å². The third kappa shape index (κ3) is 4.18. The number of carbonyl (C=O) groups excluding carboxylic acids is 1. The van der Waals surface area contributed by atoms with Gasteiger partial charge in [0.15, 0.2) is 0 Å². The molecule has 0 saturated carbocycles. The molecule has 0 aliphatic rings. The summed E-state index contributed by atoms with van der Waals surface area (Å²) in [6.45, 7) is 4.12. The van der Waals surface area contributed by atoms with Crippen LogP contribution in [0, 0.1) is 6.92 Å². The molecule has 0 spiro atoms. The molecular formula is C18H20BrNO. The van der Waals surface area contributed by atoms with Gasteiger partial charge in [0.25, 0.3) is 5.91 Å². The van der Waals surface area contributed by atoms with Crippen molar-refractivity contribution in [1.29, 1.82) is 0 Å². The van der Waals surface area contributed by atoms with E-state index in [1.54, 1.807) is 0 Å². The Hall–Kier alpha value is -1.61. The molecule has 0 saturated heterocycles. The fraction of sp³-hybridized carbons (Fsp3) is 0.278. The molecule has 0 heterocycles. The van der Waals surface area contributed by atoms with Gasteiger partial charge < -0.3 is 5.32 Å². The summed E-state index contributed by atoms with van der Waals surface area (Å²) in [6, 6.07) is 15.9. The van der Waals surface area contributed by atoms with Gasteiger partial charge in [0.05, 0.1) is 6.04 Å². The van der Waals surface area contributed by atoms with Crippen LogP contribution < -0.4 is 5.32 Å². The molecule has 0 aromatic heterocycles. The zero-order valence-corrected chi connectivity index (χ0v) is 14.0. The van der Waals surface area contributed by atoms with E-state index in [1.807, 2.05) is 43.3 Å². The third-order valence-corrected chi connectivity index (χ3v) is 4.39. The van der Waals surface area contributed by atoms with E-state index >= 15 is 0 Å². The lowest BCUT2D eigenvalue weighted by atomic mass is 10.0. The number of halogens is 1. The Kier molecular flexibility index (Phi) is 5.57. The van der Waals surface area contributed by atoms with Crippen LogP contribution in [0.4, 0.5) is 0 Å². The van der Waals surface area contributed by atoms with E-state index in [9.17, 15) is 4.79 Å². The second-order valence-electron chi connectivity index (χ2n) is 5.19. The highest BCUT2D eigenvalue weighted by atomic mass is 79.9. The summed E-state index contributed by atoms with van der Waals surface area (Å²) in [5, 5.41) is 3.14. The van der Waals surface area contributed by atoms with Crippen molar-refractivity contribution in [3.63, 3.8) is 0 Å². The number of nitrogens with one attached hydrogen (secondary N) is 1. The zero-order valence-electron chi connectivity index (χ0n) is 12.4. The van der Waals surface area contributed by atoms with E-state index in [-0.39, 0.29) is 11.9 Å². The molecule has 1 amide bonds. The molecule has 0 fully saturated rings. The summed E-state index contributed by atoms with van der Waals surface area (Å²) in [5.74, 6) is -0.0205. The van der Waals surface area contributed by atoms with Crippen molar-refractivity contribution in [2.75, 3.05) is 0 Å². The lowest BCUT2D eigenvalue weighted by Gasteiger charge is -2.19. The van der Waals surface area contributed by atoms with Crippen molar-refractivity contribution in [2.45, 2.75) is 32.7 Å². The summed E-state index contributed by atoms with van der Waals surface area (Å²) < 4.78 is 1.02. The molecular weight excluding hydrogens is 326 g/mol. The summed E-state index contributed by atoms with van der Waals surface area (Å²) in [6.07, 6.45) is 1.96. The molecule has 21 heavy (non-hydrogen) atoms. The smallest absolute Gasteiger partial charge is 0.251 e. The standard InChI is InChI=1S/C18H20BrNO/c1-3-7-17(14-8-5-4-6-9-14)20-18(21)15-10-11-16(19)13(2)12-15/h4-6,8-12,17H,3,7H2,1-2H3,(H,20,21). The van der Waals surface area contributed by atoms with E-state index < -0.39 is 0 Å². The Balaban J connectivity index is 2.16. The molecule has 2 aromatic carbocycles. The van der Waals surface area contributed by atoms with Crippen LogP contribution in [0.15, 0.2) is 53.0 Å². The number of benzene rings is 2. The van der Waals surface area contributed by atoms with Crippen molar-refractivity contribution in [2.24, 2.45) is 0 Å². The Bertz CT molecular complexity index is 610. The minimum atomic E-state index is -0.0205. The maximum absolute atomic E-state index is 12.4. The lowest BCUT2D eigenvalue weighted by molar-refractivity contribution is 0.0934. The van der Waals surface area contributed by atoms with Gasteiger partial charge in [-0.1, -0.05) is 59.6 Å². The van der Waals surface area contributed by atoms with Crippen LogP contribution in [0.2, 0.25) is 0 Å². The van der Waals surface area contributed by atoms with Gasteiger partial charge >= 0.3 is 0 Å². The number of amides is 1. The van der Waals surface area contributed by atoms with Crippen LogP contribution in [0.3, 0.4) is 0 Å². The van der Waals surface area contributed by atoms with Crippen molar-refractivity contribution in [3.05, 3.63) is 69.7 Å². The molecule has 0 aliphatic carbocycles. The zero-order chi connectivity index (χ0) is 15.2. The Labute approximate surface area is 134 Å². The largest absolute Gasteiger partial charge is 0.345 e. The predicted octanol–water partition coefficient (Wildman–Crippen LogP) is 5.03. The normalized spacial score (nSPS) is 12.0. The highest BCUT2D eigenvalue weighted by molar-refractivity contribution is 9.10.